The molecule has 2 rings (SSSR count). The third-order valence-corrected chi connectivity index (χ3v) is 4.34. The molecule has 23 heavy (non-hydrogen) atoms. The first kappa shape index (κ1) is 17.5. The summed E-state index contributed by atoms with van der Waals surface area (Å²) in [6.07, 6.45) is 1.14. The first-order valence-corrected chi connectivity index (χ1v) is 9.33. The second kappa shape index (κ2) is 6.72. The van der Waals surface area contributed by atoms with Crippen molar-refractivity contribution >= 4 is 15.7 Å². The lowest BCUT2D eigenvalue weighted by atomic mass is 10.0. The largest absolute Gasteiger partial charge is 0.361 e. The van der Waals surface area contributed by atoms with E-state index >= 15 is 0 Å². The summed E-state index contributed by atoms with van der Waals surface area (Å²) in [7, 11) is -3.25. The number of sulfonamides is 1. The molecule has 0 unspecified atom stereocenters. The van der Waals surface area contributed by atoms with Gasteiger partial charge in [-0.1, -0.05) is 17.3 Å². The SMILES string of the molecule is Cc1noc(C)c1[C@@H](C)N[C@H](C)c1ccc(NS(C)(=O)=O)cc1. The smallest absolute Gasteiger partial charge is 0.229 e. The highest BCUT2D eigenvalue weighted by Gasteiger charge is 2.18. The van der Waals surface area contributed by atoms with Crippen LogP contribution in [0.25, 0.3) is 0 Å². The third-order valence-electron chi connectivity index (χ3n) is 3.74. The molecular weight excluding hydrogens is 314 g/mol. The Hall–Kier alpha value is -1.86. The van der Waals surface area contributed by atoms with E-state index in [0.717, 1.165) is 28.8 Å². The first-order chi connectivity index (χ1) is 10.7. The third kappa shape index (κ3) is 4.56. The van der Waals surface area contributed by atoms with Crippen molar-refractivity contribution in [3.05, 3.63) is 46.8 Å². The lowest BCUT2D eigenvalue weighted by Crippen LogP contribution is -2.23. The molecule has 6 nitrogen and oxygen atoms in total. The molecule has 1 aromatic heterocycles. The zero-order valence-electron chi connectivity index (χ0n) is 14.0. The summed E-state index contributed by atoms with van der Waals surface area (Å²) in [5, 5.41) is 7.49. The van der Waals surface area contributed by atoms with Crippen molar-refractivity contribution in [2.45, 2.75) is 39.8 Å². The lowest BCUT2D eigenvalue weighted by Gasteiger charge is -2.20. The van der Waals surface area contributed by atoms with E-state index in [0.29, 0.717) is 5.69 Å². The number of aromatic nitrogens is 1. The molecule has 2 aromatic rings. The number of hydrogen-bond acceptors (Lipinski definition) is 5. The molecule has 2 N–H and O–H groups in total. The monoisotopic (exact) mass is 337 g/mol. The topological polar surface area (TPSA) is 84.2 Å². The summed E-state index contributed by atoms with van der Waals surface area (Å²) < 4.78 is 30.1. The highest BCUT2D eigenvalue weighted by Crippen LogP contribution is 2.25. The Balaban J connectivity index is 2.07. The molecule has 0 aliphatic heterocycles. The van der Waals surface area contributed by atoms with Crippen molar-refractivity contribution in [3.8, 4) is 0 Å². The van der Waals surface area contributed by atoms with Crippen LogP contribution in [0.5, 0.6) is 0 Å². The van der Waals surface area contributed by atoms with Crippen molar-refractivity contribution in [2.75, 3.05) is 11.0 Å². The quantitative estimate of drug-likeness (QED) is 0.846. The van der Waals surface area contributed by atoms with Gasteiger partial charge in [0.05, 0.1) is 11.9 Å². The van der Waals surface area contributed by atoms with Gasteiger partial charge in [0.15, 0.2) is 0 Å². The fourth-order valence-electron chi connectivity index (χ4n) is 2.72. The van der Waals surface area contributed by atoms with E-state index in [9.17, 15) is 8.42 Å². The molecule has 0 spiro atoms. The molecule has 7 heteroatoms. The molecule has 0 aliphatic carbocycles. The molecule has 0 fully saturated rings. The predicted octanol–water partition coefficient (Wildman–Crippen LogP) is 3.07. The second-order valence-electron chi connectivity index (χ2n) is 5.84. The lowest BCUT2D eigenvalue weighted by molar-refractivity contribution is 0.389. The fraction of sp³-hybridized carbons (Fsp3) is 0.438. The number of hydrogen-bond donors (Lipinski definition) is 2. The van der Waals surface area contributed by atoms with Gasteiger partial charge in [-0.25, -0.2) is 8.42 Å². The van der Waals surface area contributed by atoms with Gasteiger partial charge in [0.1, 0.15) is 5.76 Å². The van der Waals surface area contributed by atoms with Crippen molar-refractivity contribution in [3.63, 3.8) is 0 Å². The number of anilines is 1. The molecule has 0 saturated carbocycles. The zero-order chi connectivity index (χ0) is 17.2. The molecular formula is C16H23N3O3S. The number of nitrogens with one attached hydrogen (secondary N) is 2. The number of benzene rings is 1. The Kier molecular flexibility index (Phi) is 5.11. The molecule has 0 aliphatic rings. The zero-order valence-corrected chi connectivity index (χ0v) is 14.9. The number of rotatable bonds is 6. The molecule has 0 radical (unpaired) electrons. The maximum absolute atomic E-state index is 11.2. The van der Waals surface area contributed by atoms with Crippen LogP contribution in [0.2, 0.25) is 0 Å². The van der Waals surface area contributed by atoms with Gasteiger partial charge in [-0.05, 0) is 45.4 Å². The van der Waals surface area contributed by atoms with E-state index in [2.05, 4.69) is 29.0 Å². The minimum atomic E-state index is -3.25. The summed E-state index contributed by atoms with van der Waals surface area (Å²) in [5.74, 6) is 0.822. The summed E-state index contributed by atoms with van der Waals surface area (Å²) in [4.78, 5) is 0. The van der Waals surface area contributed by atoms with Gasteiger partial charge >= 0.3 is 0 Å². The van der Waals surface area contributed by atoms with Crippen molar-refractivity contribution in [1.29, 1.82) is 0 Å². The normalized spacial score (nSPS) is 14.5. The summed E-state index contributed by atoms with van der Waals surface area (Å²) in [5.41, 5.74) is 3.60. The maximum atomic E-state index is 11.2. The second-order valence-corrected chi connectivity index (χ2v) is 7.59. The highest BCUT2D eigenvalue weighted by atomic mass is 32.2. The fourth-order valence-corrected chi connectivity index (χ4v) is 3.28. The van der Waals surface area contributed by atoms with E-state index in [1.807, 2.05) is 26.0 Å². The minimum absolute atomic E-state index is 0.102. The highest BCUT2D eigenvalue weighted by molar-refractivity contribution is 7.92. The Morgan fingerprint density at radius 3 is 2.17 bits per heavy atom. The predicted molar refractivity (Wildman–Crippen MR) is 90.9 cm³/mol. The van der Waals surface area contributed by atoms with Crippen LogP contribution in [0.3, 0.4) is 0 Å². The van der Waals surface area contributed by atoms with Crippen LogP contribution in [-0.4, -0.2) is 19.8 Å². The maximum Gasteiger partial charge on any atom is 0.229 e. The summed E-state index contributed by atoms with van der Waals surface area (Å²) in [6, 6.07) is 7.54. The Morgan fingerprint density at radius 1 is 1.09 bits per heavy atom. The van der Waals surface area contributed by atoms with Crippen LogP contribution in [-0.2, 0) is 10.0 Å². The number of aryl methyl sites for hydroxylation is 2. The van der Waals surface area contributed by atoms with Crippen LogP contribution < -0.4 is 10.0 Å². The standard InChI is InChI=1S/C16H23N3O3S/c1-10(17-11(2)16-12(3)18-22-13(16)4)14-6-8-15(9-7-14)19-23(5,20)21/h6-11,17,19H,1-5H3/t10-,11-/m1/s1. The molecule has 126 valence electrons. The van der Waals surface area contributed by atoms with Gasteiger partial charge in [-0.15, -0.1) is 0 Å². The van der Waals surface area contributed by atoms with E-state index < -0.39 is 10.0 Å². The van der Waals surface area contributed by atoms with Gasteiger partial charge in [0.2, 0.25) is 10.0 Å². The molecule has 0 bridgehead atoms. The van der Waals surface area contributed by atoms with Gasteiger partial charge in [0, 0.05) is 23.3 Å². The van der Waals surface area contributed by atoms with E-state index in [1.165, 1.54) is 0 Å². The number of nitrogens with zero attached hydrogens (tertiary/aromatic N) is 1. The van der Waals surface area contributed by atoms with Crippen molar-refractivity contribution < 1.29 is 12.9 Å². The Morgan fingerprint density at radius 2 is 1.70 bits per heavy atom. The van der Waals surface area contributed by atoms with Gasteiger partial charge < -0.3 is 9.84 Å². The average molecular weight is 337 g/mol. The molecule has 0 amide bonds. The van der Waals surface area contributed by atoms with Crippen molar-refractivity contribution in [2.24, 2.45) is 0 Å². The van der Waals surface area contributed by atoms with Crippen LogP contribution in [0.15, 0.2) is 28.8 Å². The van der Waals surface area contributed by atoms with Crippen LogP contribution in [0, 0.1) is 13.8 Å². The minimum Gasteiger partial charge on any atom is -0.361 e. The van der Waals surface area contributed by atoms with Crippen LogP contribution >= 0.6 is 0 Å². The van der Waals surface area contributed by atoms with E-state index in [-0.39, 0.29) is 12.1 Å². The van der Waals surface area contributed by atoms with Gasteiger partial charge in [-0.2, -0.15) is 0 Å². The van der Waals surface area contributed by atoms with Crippen LogP contribution in [0.1, 0.15) is 48.5 Å². The molecule has 1 heterocycles. The average Bonchev–Trinajstić information content (AvgIpc) is 2.77. The summed E-state index contributed by atoms with van der Waals surface area (Å²) >= 11 is 0. The van der Waals surface area contributed by atoms with Gasteiger partial charge in [0.25, 0.3) is 0 Å². The Bertz CT molecular complexity index is 747. The van der Waals surface area contributed by atoms with E-state index in [1.54, 1.807) is 12.1 Å². The molecule has 1 aromatic carbocycles. The van der Waals surface area contributed by atoms with Crippen molar-refractivity contribution in [1.82, 2.24) is 10.5 Å². The Labute approximate surface area is 137 Å². The van der Waals surface area contributed by atoms with Crippen LogP contribution in [0.4, 0.5) is 5.69 Å². The van der Waals surface area contributed by atoms with E-state index in [4.69, 9.17) is 4.52 Å². The molecule has 2 atom stereocenters. The summed E-state index contributed by atoms with van der Waals surface area (Å²) in [6.45, 7) is 7.97. The van der Waals surface area contributed by atoms with Gasteiger partial charge in [-0.3, -0.25) is 4.72 Å². The first-order valence-electron chi connectivity index (χ1n) is 7.44. The molecule has 0 saturated heterocycles.